The van der Waals surface area contributed by atoms with Gasteiger partial charge in [0, 0.05) is 13.0 Å². The number of fused-ring (bicyclic) bond motifs is 1. The third kappa shape index (κ3) is 3.29. The number of hydrogen-bond acceptors (Lipinski definition) is 2. The van der Waals surface area contributed by atoms with Crippen molar-refractivity contribution in [2.24, 2.45) is 5.92 Å². The SMILES string of the molecule is O=C1NC(Cc2ccccc2)C(=O)N1CCC1Cc2ccccc2C1. The van der Waals surface area contributed by atoms with Crippen LogP contribution >= 0.6 is 0 Å². The molecule has 25 heavy (non-hydrogen) atoms. The van der Waals surface area contributed by atoms with E-state index in [2.05, 4.69) is 29.6 Å². The molecule has 1 unspecified atom stereocenters. The zero-order valence-electron chi connectivity index (χ0n) is 14.2. The standard InChI is InChI=1S/C21H22N2O2/c24-20-19(14-15-6-2-1-3-7-15)22-21(25)23(20)11-10-16-12-17-8-4-5-9-18(17)13-16/h1-9,16,19H,10-14H2,(H,22,25). The normalized spacial score (nSPS) is 20.0. The van der Waals surface area contributed by atoms with E-state index in [0.717, 1.165) is 24.8 Å². The highest BCUT2D eigenvalue weighted by Crippen LogP contribution is 2.29. The van der Waals surface area contributed by atoms with Gasteiger partial charge in [-0.25, -0.2) is 4.79 Å². The second-order valence-electron chi connectivity index (χ2n) is 7.01. The summed E-state index contributed by atoms with van der Waals surface area (Å²) in [4.78, 5) is 26.2. The van der Waals surface area contributed by atoms with Gasteiger partial charge in [0.05, 0.1) is 0 Å². The van der Waals surface area contributed by atoms with Crippen LogP contribution in [0.5, 0.6) is 0 Å². The number of rotatable bonds is 5. The number of urea groups is 1. The van der Waals surface area contributed by atoms with Gasteiger partial charge in [-0.3, -0.25) is 9.69 Å². The lowest BCUT2D eigenvalue weighted by atomic mass is 10.0. The third-order valence-electron chi connectivity index (χ3n) is 5.29. The molecule has 1 N–H and O–H groups in total. The van der Waals surface area contributed by atoms with Crippen molar-refractivity contribution in [1.29, 1.82) is 0 Å². The first-order valence-corrected chi connectivity index (χ1v) is 8.93. The van der Waals surface area contributed by atoms with Gasteiger partial charge in [-0.15, -0.1) is 0 Å². The molecule has 2 aromatic rings. The first-order valence-electron chi connectivity index (χ1n) is 8.93. The predicted molar refractivity (Wildman–Crippen MR) is 96.1 cm³/mol. The van der Waals surface area contributed by atoms with E-state index in [9.17, 15) is 9.59 Å². The average molecular weight is 334 g/mol. The number of carbonyl (C=O) groups is 2. The summed E-state index contributed by atoms with van der Waals surface area (Å²) in [5.41, 5.74) is 3.88. The number of benzene rings is 2. The highest BCUT2D eigenvalue weighted by atomic mass is 16.2. The predicted octanol–water partition coefficient (Wildman–Crippen LogP) is 2.95. The Kier molecular flexibility index (Phi) is 4.26. The molecular weight excluding hydrogens is 312 g/mol. The molecule has 2 aliphatic rings. The van der Waals surface area contributed by atoms with E-state index in [1.807, 2.05) is 30.3 Å². The Morgan fingerprint density at radius 3 is 2.24 bits per heavy atom. The summed E-state index contributed by atoms with van der Waals surface area (Å²) in [6.45, 7) is 0.509. The number of nitrogens with zero attached hydrogens (tertiary/aromatic N) is 1. The highest BCUT2D eigenvalue weighted by molar-refractivity contribution is 6.04. The molecule has 4 rings (SSSR count). The molecule has 0 aromatic heterocycles. The van der Waals surface area contributed by atoms with Gasteiger partial charge in [0.25, 0.3) is 5.91 Å². The molecule has 128 valence electrons. The number of imide groups is 1. The van der Waals surface area contributed by atoms with Crippen molar-refractivity contribution in [3.05, 3.63) is 71.3 Å². The van der Waals surface area contributed by atoms with Gasteiger partial charge in [0.1, 0.15) is 6.04 Å². The second-order valence-corrected chi connectivity index (χ2v) is 7.01. The van der Waals surface area contributed by atoms with Gasteiger partial charge < -0.3 is 5.32 Å². The quantitative estimate of drug-likeness (QED) is 0.855. The minimum Gasteiger partial charge on any atom is -0.325 e. The van der Waals surface area contributed by atoms with Crippen molar-refractivity contribution in [3.63, 3.8) is 0 Å². The van der Waals surface area contributed by atoms with Crippen LogP contribution in [0.25, 0.3) is 0 Å². The molecule has 3 amide bonds. The summed E-state index contributed by atoms with van der Waals surface area (Å²) < 4.78 is 0. The van der Waals surface area contributed by atoms with Crippen LogP contribution in [-0.2, 0) is 24.1 Å². The smallest absolute Gasteiger partial charge is 0.324 e. The highest BCUT2D eigenvalue weighted by Gasteiger charge is 2.38. The lowest BCUT2D eigenvalue weighted by molar-refractivity contribution is -0.127. The largest absolute Gasteiger partial charge is 0.325 e. The lowest BCUT2D eigenvalue weighted by Gasteiger charge is -2.16. The van der Waals surface area contributed by atoms with Crippen molar-refractivity contribution in [3.8, 4) is 0 Å². The number of hydrogen-bond donors (Lipinski definition) is 1. The minimum atomic E-state index is -0.435. The van der Waals surface area contributed by atoms with E-state index in [0.29, 0.717) is 18.9 Å². The summed E-state index contributed by atoms with van der Waals surface area (Å²) in [6, 6.07) is 17.6. The first kappa shape index (κ1) is 15.9. The monoisotopic (exact) mass is 334 g/mol. The summed E-state index contributed by atoms with van der Waals surface area (Å²) in [6.07, 6.45) is 3.52. The fraction of sp³-hybridized carbons (Fsp3) is 0.333. The van der Waals surface area contributed by atoms with Crippen molar-refractivity contribution in [2.45, 2.75) is 31.7 Å². The topological polar surface area (TPSA) is 49.4 Å². The van der Waals surface area contributed by atoms with E-state index in [-0.39, 0.29) is 11.9 Å². The fourth-order valence-corrected chi connectivity index (χ4v) is 3.94. The van der Waals surface area contributed by atoms with Gasteiger partial charge in [-0.1, -0.05) is 54.6 Å². The zero-order chi connectivity index (χ0) is 17.2. The third-order valence-corrected chi connectivity index (χ3v) is 5.29. The molecule has 1 atom stereocenters. The van der Waals surface area contributed by atoms with E-state index in [1.54, 1.807) is 0 Å². The molecular formula is C21H22N2O2. The van der Waals surface area contributed by atoms with Gasteiger partial charge in [0.2, 0.25) is 0 Å². The van der Waals surface area contributed by atoms with Crippen molar-refractivity contribution in [1.82, 2.24) is 10.2 Å². The van der Waals surface area contributed by atoms with Crippen LogP contribution in [0.1, 0.15) is 23.1 Å². The van der Waals surface area contributed by atoms with Gasteiger partial charge in [-0.05, 0) is 41.9 Å². The van der Waals surface area contributed by atoms with Crippen LogP contribution in [0.2, 0.25) is 0 Å². The van der Waals surface area contributed by atoms with E-state index in [1.165, 1.54) is 16.0 Å². The maximum absolute atomic E-state index is 12.6. The molecule has 1 fully saturated rings. The maximum Gasteiger partial charge on any atom is 0.324 e. The molecule has 0 radical (unpaired) electrons. The van der Waals surface area contributed by atoms with Crippen molar-refractivity contribution >= 4 is 11.9 Å². The van der Waals surface area contributed by atoms with Crippen molar-refractivity contribution in [2.75, 3.05) is 6.54 Å². The Bertz CT molecular complexity index is 762. The maximum atomic E-state index is 12.6. The Hall–Kier alpha value is -2.62. The van der Waals surface area contributed by atoms with Gasteiger partial charge in [-0.2, -0.15) is 0 Å². The van der Waals surface area contributed by atoms with E-state index < -0.39 is 6.04 Å². The average Bonchev–Trinajstić information content (AvgIpc) is 3.15. The Morgan fingerprint density at radius 1 is 0.920 bits per heavy atom. The number of carbonyl (C=O) groups excluding carboxylic acids is 2. The Labute approximate surface area is 147 Å². The zero-order valence-corrected chi connectivity index (χ0v) is 14.2. The number of amides is 3. The van der Waals surface area contributed by atoms with Crippen LogP contribution in [0.3, 0.4) is 0 Å². The molecule has 2 aromatic carbocycles. The van der Waals surface area contributed by atoms with E-state index in [4.69, 9.17) is 0 Å². The fourth-order valence-electron chi connectivity index (χ4n) is 3.94. The molecule has 4 heteroatoms. The molecule has 0 saturated carbocycles. The van der Waals surface area contributed by atoms with Gasteiger partial charge >= 0.3 is 6.03 Å². The molecule has 1 aliphatic heterocycles. The Balaban J connectivity index is 1.34. The summed E-state index contributed by atoms with van der Waals surface area (Å²) in [7, 11) is 0. The number of nitrogens with one attached hydrogen (secondary N) is 1. The van der Waals surface area contributed by atoms with Crippen LogP contribution in [0.4, 0.5) is 4.79 Å². The van der Waals surface area contributed by atoms with Gasteiger partial charge in [0.15, 0.2) is 0 Å². The summed E-state index contributed by atoms with van der Waals surface area (Å²) >= 11 is 0. The summed E-state index contributed by atoms with van der Waals surface area (Å²) in [5.74, 6) is 0.426. The van der Waals surface area contributed by atoms with Crippen LogP contribution < -0.4 is 5.32 Å². The summed E-state index contributed by atoms with van der Waals surface area (Å²) in [5, 5.41) is 2.83. The molecule has 4 nitrogen and oxygen atoms in total. The van der Waals surface area contributed by atoms with Crippen LogP contribution in [-0.4, -0.2) is 29.4 Å². The minimum absolute atomic E-state index is 0.0932. The van der Waals surface area contributed by atoms with E-state index >= 15 is 0 Å². The molecule has 1 heterocycles. The lowest BCUT2D eigenvalue weighted by Crippen LogP contribution is -2.34. The molecule has 1 aliphatic carbocycles. The second kappa shape index (κ2) is 6.71. The van der Waals surface area contributed by atoms with Crippen molar-refractivity contribution < 1.29 is 9.59 Å². The molecule has 1 saturated heterocycles. The van der Waals surface area contributed by atoms with Crippen LogP contribution in [0, 0.1) is 5.92 Å². The Morgan fingerprint density at radius 2 is 1.56 bits per heavy atom. The molecule has 0 spiro atoms. The molecule has 0 bridgehead atoms. The van der Waals surface area contributed by atoms with Crippen LogP contribution in [0.15, 0.2) is 54.6 Å². The first-order chi connectivity index (χ1) is 12.2.